The van der Waals surface area contributed by atoms with Gasteiger partial charge in [0.1, 0.15) is 5.75 Å². The number of rotatable bonds is 7. The van der Waals surface area contributed by atoms with E-state index >= 15 is 0 Å². The molecule has 0 aliphatic carbocycles. The quantitative estimate of drug-likeness (QED) is 0.605. The molecule has 2 rings (SSSR count). The molecule has 0 fully saturated rings. The van der Waals surface area contributed by atoms with Gasteiger partial charge in [-0.2, -0.15) is 5.10 Å². The van der Waals surface area contributed by atoms with Crippen molar-refractivity contribution in [1.82, 2.24) is 15.2 Å². The first-order valence-electron chi connectivity index (χ1n) is 7.39. The lowest BCUT2D eigenvalue weighted by Gasteiger charge is -2.19. The van der Waals surface area contributed by atoms with E-state index < -0.39 is 0 Å². The second kappa shape index (κ2) is 7.24. The van der Waals surface area contributed by atoms with Gasteiger partial charge in [-0.15, -0.1) is 0 Å². The Bertz CT molecular complexity index is 579. The summed E-state index contributed by atoms with van der Waals surface area (Å²) in [6.45, 7) is 4.73. The number of aromatic nitrogens is 2. The fraction of sp³-hybridized carbons (Fsp3) is 0.438. The molecular formula is C16H24N4O. The largest absolute Gasteiger partial charge is 0.494 e. The fourth-order valence-electron chi connectivity index (χ4n) is 2.46. The molecule has 0 aliphatic rings. The van der Waals surface area contributed by atoms with Gasteiger partial charge in [0.15, 0.2) is 0 Å². The molecular weight excluding hydrogens is 264 g/mol. The van der Waals surface area contributed by atoms with E-state index in [9.17, 15) is 0 Å². The molecule has 0 saturated carbocycles. The van der Waals surface area contributed by atoms with Gasteiger partial charge in [0.25, 0.3) is 0 Å². The number of hydrazine groups is 1. The summed E-state index contributed by atoms with van der Waals surface area (Å²) in [5, 5.41) is 4.49. The first kappa shape index (κ1) is 15.5. The average Bonchev–Trinajstić information content (AvgIpc) is 2.86. The summed E-state index contributed by atoms with van der Waals surface area (Å²) in [6, 6.07) is 10.1. The second-order valence-corrected chi connectivity index (χ2v) is 5.00. The van der Waals surface area contributed by atoms with Crippen molar-refractivity contribution in [2.24, 2.45) is 12.9 Å². The zero-order valence-corrected chi connectivity index (χ0v) is 13.0. The first-order chi connectivity index (χ1) is 10.2. The van der Waals surface area contributed by atoms with E-state index in [2.05, 4.69) is 23.5 Å². The molecule has 21 heavy (non-hydrogen) atoms. The molecule has 1 aromatic heterocycles. The molecule has 0 bridgehead atoms. The predicted molar refractivity (Wildman–Crippen MR) is 84.0 cm³/mol. The van der Waals surface area contributed by atoms with Crippen molar-refractivity contribution in [3.63, 3.8) is 0 Å². The summed E-state index contributed by atoms with van der Waals surface area (Å²) in [6.07, 6.45) is 1.70. The highest BCUT2D eigenvalue weighted by Crippen LogP contribution is 2.27. The molecule has 1 atom stereocenters. The van der Waals surface area contributed by atoms with Gasteiger partial charge in [-0.1, -0.05) is 25.1 Å². The SMILES string of the molecule is CCOc1ccccc1C(Cc1cc(CC)nn1C)NN. The van der Waals surface area contributed by atoms with Crippen LogP contribution in [0.25, 0.3) is 0 Å². The van der Waals surface area contributed by atoms with Gasteiger partial charge in [-0.25, -0.2) is 0 Å². The third-order valence-corrected chi connectivity index (χ3v) is 3.60. The van der Waals surface area contributed by atoms with E-state index in [0.29, 0.717) is 6.61 Å². The van der Waals surface area contributed by atoms with Crippen LogP contribution < -0.4 is 16.0 Å². The van der Waals surface area contributed by atoms with Crippen molar-refractivity contribution >= 4 is 0 Å². The number of aryl methyl sites for hydroxylation is 2. The highest BCUT2D eigenvalue weighted by molar-refractivity contribution is 5.36. The minimum absolute atomic E-state index is 0.00661. The Balaban J connectivity index is 2.25. The minimum Gasteiger partial charge on any atom is -0.494 e. The Morgan fingerprint density at radius 3 is 2.71 bits per heavy atom. The van der Waals surface area contributed by atoms with Gasteiger partial charge < -0.3 is 4.74 Å². The van der Waals surface area contributed by atoms with Gasteiger partial charge in [0.05, 0.1) is 18.3 Å². The molecule has 2 aromatic rings. The second-order valence-electron chi connectivity index (χ2n) is 5.00. The van der Waals surface area contributed by atoms with E-state index in [0.717, 1.165) is 35.5 Å². The van der Waals surface area contributed by atoms with Crippen LogP contribution in [-0.2, 0) is 19.9 Å². The number of benzene rings is 1. The molecule has 1 unspecified atom stereocenters. The lowest BCUT2D eigenvalue weighted by atomic mass is 10.0. The van der Waals surface area contributed by atoms with Crippen LogP contribution in [0.1, 0.15) is 36.8 Å². The number of para-hydroxylation sites is 1. The van der Waals surface area contributed by atoms with Crippen LogP contribution in [0, 0.1) is 0 Å². The van der Waals surface area contributed by atoms with Crippen LogP contribution in [0.2, 0.25) is 0 Å². The lowest BCUT2D eigenvalue weighted by Crippen LogP contribution is -2.30. The Labute approximate surface area is 126 Å². The van der Waals surface area contributed by atoms with E-state index in [1.54, 1.807) is 0 Å². The molecule has 0 saturated heterocycles. The van der Waals surface area contributed by atoms with Crippen molar-refractivity contribution in [3.8, 4) is 5.75 Å². The van der Waals surface area contributed by atoms with Gasteiger partial charge in [-0.05, 0) is 25.5 Å². The predicted octanol–water partition coefficient (Wildman–Crippen LogP) is 2.13. The summed E-state index contributed by atoms with van der Waals surface area (Å²) in [4.78, 5) is 0. The number of ether oxygens (including phenoxy) is 1. The Morgan fingerprint density at radius 1 is 1.33 bits per heavy atom. The molecule has 3 N–H and O–H groups in total. The smallest absolute Gasteiger partial charge is 0.124 e. The standard InChI is InChI=1S/C16H24N4O/c1-4-12-10-13(20(3)19-12)11-15(18-17)14-8-6-7-9-16(14)21-5-2/h6-10,15,18H,4-5,11,17H2,1-3H3. The normalized spacial score (nSPS) is 12.4. The zero-order valence-electron chi connectivity index (χ0n) is 13.0. The fourth-order valence-corrected chi connectivity index (χ4v) is 2.46. The highest BCUT2D eigenvalue weighted by Gasteiger charge is 2.17. The van der Waals surface area contributed by atoms with Crippen molar-refractivity contribution in [2.75, 3.05) is 6.61 Å². The monoisotopic (exact) mass is 288 g/mol. The van der Waals surface area contributed by atoms with Gasteiger partial charge in [-0.3, -0.25) is 16.0 Å². The third-order valence-electron chi connectivity index (χ3n) is 3.60. The maximum absolute atomic E-state index is 5.77. The molecule has 1 aromatic carbocycles. The number of nitrogens with zero attached hydrogens (tertiary/aromatic N) is 2. The number of hydrogen-bond donors (Lipinski definition) is 2. The number of hydrogen-bond acceptors (Lipinski definition) is 4. The van der Waals surface area contributed by atoms with Crippen LogP contribution in [0.4, 0.5) is 0 Å². The van der Waals surface area contributed by atoms with Crippen LogP contribution in [-0.4, -0.2) is 16.4 Å². The number of nitrogens with one attached hydrogen (secondary N) is 1. The van der Waals surface area contributed by atoms with Crippen LogP contribution in [0.5, 0.6) is 5.75 Å². The van der Waals surface area contributed by atoms with Gasteiger partial charge in [0, 0.05) is 24.7 Å². The Morgan fingerprint density at radius 2 is 2.10 bits per heavy atom. The highest BCUT2D eigenvalue weighted by atomic mass is 16.5. The molecule has 0 amide bonds. The molecule has 5 nitrogen and oxygen atoms in total. The molecule has 5 heteroatoms. The lowest BCUT2D eigenvalue weighted by molar-refractivity contribution is 0.331. The summed E-state index contributed by atoms with van der Waals surface area (Å²) in [5.74, 6) is 6.65. The van der Waals surface area contributed by atoms with Gasteiger partial charge in [0.2, 0.25) is 0 Å². The average molecular weight is 288 g/mol. The van der Waals surface area contributed by atoms with Crippen molar-refractivity contribution in [1.29, 1.82) is 0 Å². The zero-order chi connectivity index (χ0) is 15.2. The molecule has 0 aliphatic heterocycles. The van der Waals surface area contributed by atoms with E-state index in [1.807, 2.05) is 42.9 Å². The molecule has 0 spiro atoms. The maximum Gasteiger partial charge on any atom is 0.124 e. The van der Waals surface area contributed by atoms with Crippen LogP contribution in [0.3, 0.4) is 0 Å². The molecule has 1 heterocycles. The summed E-state index contributed by atoms with van der Waals surface area (Å²) >= 11 is 0. The van der Waals surface area contributed by atoms with Crippen LogP contribution >= 0.6 is 0 Å². The van der Waals surface area contributed by atoms with E-state index in [1.165, 1.54) is 0 Å². The topological polar surface area (TPSA) is 65.1 Å². The van der Waals surface area contributed by atoms with Crippen molar-refractivity contribution in [2.45, 2.75) is 32.7 Å². The summed E-state index contributed by atoms with van der Waals surface area (Å²) in [5.41, 5.74) is 6.22. The summed E-state index contributed by atoms with van der Waals surface area (Å²) in [7, 11) is 1.97. The maximum atomic E-state index is 5.77. The number of nitrogens with two attached hydrogens (primary N) is 1. The summed E-state index contributed by atoms with van der Waals surface area (Å²) < 4.78 is 7.62. The minimum atomic E-state index is -0.00661. The van der Waals surface area contributed by atoms with E-state index in [4.69, 9.17) is 10.6 Å². The van der Waals surface area contributed by atoms with E-state index in [-0.39, 0.29) is 6.04 Å². The Kier molecular flexibility index (Phi) is 5.36. The van der Waals surface area contributed by atoms with Gasteiger partial charge >= 0.3 is 0 Å². The van der Waals surface area contributed by atoms with Crippen molar-refractivity contribution in [3.05, 3.63) is 47.3 Å². The van der Waals surface area contributed by atoms with Crippen molar-refractivity contribution < 1.29 is 4.74 Å². The molecule has 0 radical (unpaired) electrons. The third kappa shape index (κ3) is 3.62. The first-order valence-corrected chi connectivity index (χ1v) is 7.39. The van der Waals surface area contributed by atoms with Crippen LogP contribution in [0.15, 0.2) is 30.3 Å². The molecule has 114 valence electrons. The Hall–Kier alpha value is -1.85.